The number of amides is 2. The Morgan fingerprint density at radius 1 is 1.43 bits per heavy atom. The molecule has 0 aromatic rings. The SMILES string of the molecule is CN(C(=O)CN1CCNCC1C(N)=O)C1CCS(=O)(=O)C1. The Morgan fingerprint density at radius 3 is 2.71 bits per heavy atom. The second-order valence-electron chi connectivity index (χ2n) is 5.65. The van der Waals surface area contributed by atoms with Crippen molar-refractivity contribution in [1.29, 1.82) is 0 Å². The molecule has 2 rings (SSSR count). The van der Waals surface area contributed by atoms with E-state index in [-0.39, 0.29) is 30.0 Å². The average Bonchev–Trinajstić information content (AvgIpc) is 2.78. The summed E-state index contributed by atoms with van der Waals surface area (Å²) in [6, 6.07) is -0.763. The van der Waals surface area contributed by atoms with E-state index in [2.05, 4.69) is 5.32 Å². The molecule has 21 heavy (non-hydrogen) atoms. The molecule has 0 aromatic carbocycles. The lowest BCUT2D eigenvalue weighted by Crippen LogP contribution is -2.59. The zero-order valence-corrected chi connectivity index (χ0v) is 12.9. The van der Waals surface area contributed by atoms with Gasteiger partial charge in [0.2, 0.25) is 11.8 Å². The van der Waals surface area contributed by atoms with Crippen LogP contribution in [0.5, 0.6) is 0 Å². The number of sulfone groups is 1. The monoisotopic (exact) mass is 318 g/mol. The summed E-state index contributed by atoms with van der Waals surface area (Å²) in [5.74, 6) is -0.477. The van der Waals surface area contributed by atoms with E-state index in [0.29, 0.717) is 26.1 Å². The highest BCUT2D eigenvalue weighted by Crippen LogP contribution is 2.17. The molecule has 0 aliphatic carbocycles. The van der Waals surface area contributed by atoms with Gasteiger partial charge in [-0.3, -0.25) is 14.5 Å². The minimum Gasteiger partial charge on any atom is -0.368 e. The fourth-order valence-electron chi connectivity index (χ4n) is 2.79. The summed E-state index contributed by atoms with van der Waals surface area (Å²) in [4.78, 5) is 26.9. The van der Waals surface area contributed by atoms with Gasteiger partial charge in [0.1, 0.15) is 6.04 Å². The fraction of sp³-hybridized carbons (Fsp3) is 0.833. The summed E-state index contributed by atoms with van der Waals surface area (Å²) in [5, 5.41) is 3.07. The van der Waals surface area contributed by atoms with E-state index in [0.717, 1.165) is 0 Å². The first-order valence-corrected chi connectivity index (χ1v) is 8.82. The van der Waals surface area contributed by atoms with Crippen molar-refractivity contribution in [3.8, 4) is 0 Å². The molecule has 0 bridgehead atoms. The summed E-state index contributed by atoms with van der Waals surface area (Å²) in [6.07, 6.45) is 0.478. The standard InChI is InChI=1S/C12H22N4O4S/c1-15(9-2-5-21(19,20)8-9)11(17)7-16-4-3-14-6-10(16)12(13)18/h9-10,14H,2-8H2,1H3,(H2,13,18). The summed E-state index contributed by atoms with van der Waals surface area (Å²) in [5.41, 5.74) is 5.34. The smallest absolute Gasteiger partial charge is 0.236 e. The molecule has 0 saturated carbocycles. The molecule has 3 N–H and O–H groups in total. The molecular weight excluding hydrogens is 296 g/mol. The number of nitrogens with zero attached hydrogens (tertiary/aromatic N) is 2. The van der Waals surface area contributed by atoms with Gasteiger partial charge in [0.05, 0.1) is 18.1 Å². The van der Waals surface area contributed by atoms with Crippen LogP contribution in [0.1, 0.15) is 6.42 Å². The average molecular weight is 318 g/mol. The van der Waals surface area contributed by atoms with Gasteiger partial charge >= 0.3 is 0 Å². The maximum Gasteiger partial charge on any atom is 0.236 e. The van der Waals surface area contributed by atoms with Crippen LogP contribution >= 0.6 is 0 Å². The number of carbonyl (C=O) groups is 2. The molecule has 2 atom stereocenters. The molecule has 2 unspecified atom stereocenters. The molecule has 0 aromatic heterocycles. The molecule has 9 heteroatoms. The Morgan fingerprint density at radius 2 is 2.14 bits per heavy atom. The zero-order chi connectivity index (χ0) is 15.6. The van der Waals surface area contributed by atoms with E-state index >= 15 is 0 Å². The van der Waals surface area contributed by atoms with Gasteiger partial charge in [-0.05, 0) is 6.42 Å². The summed E-state index contributed by atoms with van der Waals surface area (Å²) in [6.45, 7) is 1.78. The number of primary amides is 1. The van der Waals surface area contributed by atoms with E-state index in [1.54, 1.807) is 11.9 Å². The van der Waals surface area contributed by atoms with Crippen LogP contribution in [0, 0.1) is 0 Å². The first-order valence-electron chi connectivity index (χ1n) is 7.00. The second kappa shape index (κ2) is 6.29. The van der Waals surface area contributed by atoms with Gasteiger partial charge in [-0.1, -0.05) is 0 Å². The Hall–Kier alpha value is -1.19. The number of rotatable bonds is 4. The third-order valence-electron chi connectivity index (χ3n) is 4.17. The number of nitrogens with one attached hydrogen (secondary N) is 1. The summed E-state index contributed by atoms with van der Waals surface area (Å²) in [7, 11) is -1.40. The first-order chi connectivity index (χ1) is 9.80. The molecule has 2 aliphatic heterocycles. The van der Waals surface area contributed by atoms with Crippen LogP contribution in [0.3, 0.4) is 0 Å². The summed E-state index contributed by atoms with van der Waals surface area (Å²) >= 11 is 0. The van der Waals surface area contributed by atoms with E-state index in [1.165, 1.54) is 4.90 Å². The van der Waals surface area contributed by atoms with Crippen LogP contribution in [-0.2, 0) is 19.4 Å². The summed E-state index contributed by atoms with van der Waals surface area (Å²) < 4.78 is 23.0. The van der Waals surface area contributed by atoms with Gasteiger partial charge in [-0.25, -0.2) is 8.42 Å². The van der Waals surface area contributed by atoms with Crippen molar-refractivity contribution in [3.63, 3.8) is 0 Å². The predicted molar refractivity (Wildman–Crippen MR) is 77.3 cm³/mol. The molecule has 0 spiro atoms. The predicted octanol–water partition coefficient (Wildman–Crippen LogP) is -2.61. The topological polar surface area (TPSA) is 113 Å². The zero-order valence-electron chi connectivity index (χ0n) is 12.1. The second-order valence-corrected chi connectivity index (χ2v) is 7.88. The largest absolute Gasteiger partial charge is 0.368 e. The lowest BCUT2D eigenvalue weighted by Gasteiger charge is -2.35. The van der Waals surface area contributed by atoms with Gasteiger partial charge in [0.15, 0.2) is 9.84 Å². The van der Waals surface area contributed by atoms with Crippen LogP contribution in [0.25, 0.3) is 0 Å². The lowest BCUT2D eigenvalue weighted by molar-refractivity contribution is -0.135. The highest BCUT2D eigenvalue weighted by Gasteiger charge is 2.34. The Balaban J connectivity index is 1.95. The maximum absolute atomic E-state index is 12.3. The minimum absolute atomic E-state index is 0.0239. The molecule has 120 valence electrons. The number of likely N-dealkylation sites (N-methyl/N-ethyl adjacent to an activating group) is 1. The normalized spacial score (nSPS) is 29.2. The highest BCUT2D eigenvalue weighted by atomic mass is 32.2. The fourth-order valence-corrected chi connectivity index (χ4v) is 4.56. The molecule has 2 aliphatic rings. The van der Waals surface area contributed by atoms with Gasteiger partial charge in [-0.15, -0.1) is 0 Å². The molecule has 2 fully saturated rings. The third-order valence-corrected chi connectivity index (χ3v) is 5.92. The van der Waals surface area contributed by atoms with Crippen molar-refractivity contribution in [3.05, 3.63) is 0 Å². The van der Waals surface area contributed by atoms with Crippen LogP contribution in [0.4, 0.5) is 0 Å². The Kier molecular flexibility index (Phi) is 4.84. The molecule has 2 saturated heterocycles. The van der Waals surface area contributed by atoms with E-state index < -0.39 is 21.8 Å². The van der Waals surface area contributed by atoms with E-state index in [1.807, 2.05) is 0 Å². The van der Waals surface area contributed by atoms with Crippen LogP contribution in [0.15, 0.2) is 0 Å². The first kappa shape index (κ1) is 16.2. The number of hydrogen-bond donors (Lipinski definition) is 2. The van der Waals surface area contributed by atoms with Crippen molar-refractivity contribution >= 4 is 21.7 Å². The van der Waals surface area contributed by atoms with Gasteiger partial charge in [0, 0.05) is 32.7 Å². The maximum atomic E-state index is 12.3. The number of carbonyl (C=O) groups excluding carboxylic acids is 2. The van der Waals surface area contributed by atoms with E-state index in [9.17, 15) is 18.0 Å². The Bertz CT molecular complexity index is 521. The lowest BCUT2D eigenvalue weighted by atomic mass is 10.1. The number of piperazine rings is 1. The van der Waals surface area contributed by atoms with Crippen LogP contribution < -0.4 is 11.1 Å². The van der Waals surface area contributed by atoms with Crippen LogP contribution in [0.2, 0.25) is 0 Å². The minimum atomic E-state index is -3.02. The van der Waals surface area contributed by atoms with Crippen molar-refractivity contribution in [2.24, 2.45) is 5.73 Å². The quantitative estimate of drug-likeness (QED) is 0.587. The number of nitrogens with two attached hydrogens (primary N) is 1. The van der Waals surface area contributed by atoms with Crippen molar-refractivity contribution in [1.82, 2.24) is 15.1 Å². The van der Waals surface area contributed by atoms with Crippen molar-refractivity contribution in [2.45, 2.75) is 18.5 Å². The van der Waals surface area contributed by atoms with Gasteiger partial charge < -0.3 is 16.0 Å². The van der Waals surface area contributed by atoms with Crippen LogP contribution in [-0.4, -0.2) is 86.8 Å². The molecule has 0 radical (unpaired) electrons. The van der Waals surface area contributed by atoms with Crippen molar-refractivity contribution < 1.29 is 18.0 Å². The molecular formula is C12H22N4O4S. The number of hydrogen-bond acceptors (Lipinski definition) is 6. The van der Waals surface area contributed by atoms with Gasteiger partial charge in [0.25, 0.3) is 0 Å². The molecule has 8 nitrogen and oxygen atoms in total. The third kappa shape index (κ3) is 3.92. The molecule has 2 heterocycles. The Labute approximate surface area is 124 Å². The van der Waals surface area contributed by atoms with Gasteiger partial charge in [-0.2, -0.15) is 0 Å². The van der Waals surface area contributed by atoms with Crippen molar-refractivity contribution in [2.75, 3.05) is 44.7 Å². The highest BCUT2D eigenvalue weighted by molar-refractivity contribution is 7.91. The molecule has 2 amide bonds. The van der Waals surface area contributed by atoms with E-state index in [4.69, 9.17) is 5.73 Å².